The van der Waals surface area contributed by atoms with E-state index in [9.17, 15) is 0 Å². The van der Waals surface area contributed by atoms with Crippen molar-refractivity contribution >= 4 is 17.6 Å². The predicted molar refractivity (Wildman–Crippen MR) is 143 cm³/mol. The lowest BCUT2D eigenvalue weighted by Gasteiger charge is -2.43. The van der Waals surface area contributed by atoms with Gasteiger partial charge >= 0.3 is 17.6 Å². The second-order valence-electron chi connectivity index (χ2n) is 8.52. The normalized spacial score (nSPS) is 18.2. The number of hydrogen-bond acceptors (Lipinski definition) is 9. The van der Waals surface area contributed by atoms with Crippen LogP contribution in [-0.2, 0) is 36.0 Å². The Labute approximate surface area is 217 Å². The third-order valence-corrected chi connectivity index (χ3v) is 12.9. The molecule has 0 rings (SSSR count). The zero-order chi connectivity index (χ0) is 27.1. The molecule has 0 heterocycles. The highest BCUT2D eigenvalue weighted by Gasteiger charge is 2.54. The molecule has 0 radical (unpaired) electrons. The summed E-state index contributed by atoms with van der Waals surface area (Å²) in [6.45, 7) is 24.5. The van der Waals surface area contributed by atoms with Crippen LogP contribution in [0.4, 0.5) is 0 Å². The first-order valence-electron chi connectivity index (χ1n) is 13.5. The minimum Gasteiger partial charge on any atom is -0.372 e. The van der Waals surface area contributed by atoms with Crippen molar-refractivity contribution in [2.24, 2.45) is 5.73 Å². The quantitative estimate of drug-likeness (QED) is 0.202. The van der Waals surface area contributed by atoms with E-state index >= 15 is 0 Å². The van der Waals surface area contributed by atoms with Crippen molar-refractivity contribution in [3.05, 3.63) is 0 Å². The topological polar surface area (TPSA) is 99.9 Å². The van der Waals surface area contributed by atoms with Gasteiger partial charge in [0.05, 0.1) is 17.7 Å². The Morgan fingerprint density at radius 3 is 0.943 bits per heavy atom. The Bertz CT molecular complexity index is 466. The van der Waals surface area contributed by atoms with Gasteiger partial charge in [0.1, 0.15) is 11.5 Å². The number of nitrogens with two attached hydrogens (primary N) is 1. The van der Waals surface area contributed by atoms with E-state index < -0.39 is 23.1 Å². The lowest BCUT2D eigenvalue weighted by atomic mass is 9.91. The molecule has 2 N–H and O–H groups in total. The molecule has 0 amide bonds. The fourth-order valence-corrected chi connectivity index (χ4v) is 9.76. The molecule has 0 saturated carbocycles. The zero-order valence-corrected chi connectivity index (χ0v) is 26.3. The van der Waals surface area contributed by atoms with Gasteiger partial charge in [-0.3, -0.25) is 0 Å². The molecular formula is C24H55NO8Si2. The second kappa shape index (κ2) is 17.6. The molecular weight excluding hydrogens is 486 g/mol. The van der Waals surface area contributed by atoms with Gasteiger partial charge < -0.3 is 41.8 Å². The van der Waals surface area contributed by atoms with E-state index in [0.29, 0.717) is 52.5 Å². The van der Waals surface area contributed by atoms with Crippen LogP contribution in [0, 0.1) is 0 Å². The molecule has 0 bridgehead atoms. The van der Waals surface area contributed by atoms with Crippen LogP contribution in [0.2, 0.25) is 0 Å². The van der Waals surface area contributed by atoms with Gasteiger partial charge in [-0.1, -0.05) is 13.8 Å². The highest BCUT2D eigenvalue weighted by atomic mass is 28.4. The van der Waals surface area contributed by atoms with Gasteiger partial charge in [0, 0.05) is 39.6 Å². The van der Waals surface area contributed by atoms with Gasteiger partial charge in [-0.15, -0.1) is 0 Å². The standard InChI is InChI=1S/C24H55NO8Si2/c1-12-22(34(26-14-3,27-15-4)28-16-5)32-20(9)24(11,25)21(10)33-23(13-2)35(29-17-6,30-18-7)31-19-8/h20-23H,12-19,25H2,1-11H3. The van der Waals surface area contributed by atoms with Crippen LogP contribution in [0.15, 0.2) is 0 Å². The first-order valence-corrected chi connectivity index (χ1v) is 17.1. The van der Waals surface area contributed by atoms with Crippen molar-refractivity contribution in [2.45, 2.75) is 118 Å². The average molecular weight is 542 g/mol. The highest BCUT2D eigenvalue weighted by Crippen LogP contribution is 2.29. The maximum Gasteiger partial charge on any atom is 0.531 e. The molecule has 0 spiro atoms. The summed E-state index contributed by atoms with van der Waals surface area (Å²) in [5.41, 5.74) is 5.34. The third kappa shape index (κ3) is 9.71. The monoisotopic (exact) mass is 541 g/mol. The Morgan fingerprint density at radius 1 is 0.543 bits per heavy atom. The van der Waals surface area contributed by atoms with Gasteiger partial charge in [0.25, 0.3) is 0 Å². The predicted octanol–water partition coefficient (Wildman–Crippen LogP) is 4.25. The SMILES string of the molecule is CCO[Si](OCC)(OCC)C(CC)OC(C)C(C)(N)C(C)OC(CC)[Si](OCC)(OCC)OCC. The summed E-state index contributed by atoms with van der Waals surface area (Å²) in [6, 6.07) is 0. The van der Waals surface area contributed by atoms with Crippen molar-refractivity contribution < 1.29 is 36.0 Å². The van der Waals surface area contributed by atoms with Gasteiger partial charge in [0.2, 0.25) is 0 Å². The van der Waals surface area contributed by atoms with E-state index in [1.165, 1.54) is 0 Å². The summed E-state index contributed by atoms with van der Waals surface area (Å²) in [5, 5.41) is 0. The Hall–Kier alpha value is 0.0738. The maximum atomic E-state index is 6.88. The van der Waals surface area contributed by atoms with Gasteiger partial charge in [-0.05, 0) is 75.2 Å². The summed E-state index contributed by atoms with van der Waals surface area (Å²) in [4.78, 5) is 0. The van der Waals surface area contributed by atoms with Crippen LogP contribution in [0.3, 0.4) is 0 Å². The molecule has 0 fully saturated rings. The van der Waals surface area contributed by atoms with E-state index in [0.717, 1.165) is 0 Å². The Morgan fingerprint density at radius 2 is 0.771 bits per heavy atom. The molecule has 11 heteroatoms. The fourth-order valence-electron chi connectivity index (χ4n) is 3.99. The molecule has 35 heavy (non-hydrogen) atoms. The largest absolute Gasteiger partial charge is 0.531 e. The summed E-state index contributed by atoms with van der Waals surface area (Å²) < 4.78 is 49.7. The highest BCUT2D eigenvalue weighted by molar-refractivity contribution is 6.62. The van der Waals surface area contributed by atoms with Crippen molar-refractivity contribution in [1.82, 2.24) is 0 Å². The van der Waals surface area contributed by atoms with E-state index in [-0.39, 0.29) is 23.7 Å². The molecule has 0 aromatic rings. The Balaban J connectivity index is 5.83. The molecule has 0 aliphatic carbocycles. The van der Waals surface area contributed by atoms with Gasteiger partial charge in [-0.2, -0.15) is 0 Å². The first kappa shape index (κ1) is 35.1. The lowest BCUT2D eigenvalue weighted by Crippen LogP contribution is -2.65. The number of hydrogen-bond donors (Lipinski definition) is 1. The van der Waals surface area contributed by atoms with Crippen molar-refractivity contribution in [3.63, 3.8) is 0 Å². The molecule has 0 aliphatic rings. The number of rotatable bonds is 22. The van der Waals surface area contributed by atoms with Crippen molar-refractivity contribution in [2.75, 3.05) is 39.6 Å². The fraction of sp³-hybridized carbons (Fsp3) is 1.00. The van der Waals surface area contributed by atoms with E-state index in [4.69, 9.17) is 41.8 Å². The molecule has 0 saturated heterocycles. The summed E-state index contributed by atoms with van der Waals surface area (Å²) >= 11 is 0. The lowest BCUT2D eigenvalue weighted by molar-refractivity contribution is -0.111. The minimum absolute atomic E-state index is 0.349. The van der Waals surface area contributed by atoms with Crippen LogP contribution < -0.4 is 5.73 Å². The van der Waals surface area contributed by atoms with Crippen molar-refractivity contribution in [1.29, 1.82) is 0 Å². The molecule has 0 aromatic heterocycles. The van der Waals surface area contributed by atoms with E-state index in [1.807, 2.05) is 76.2 Å². The third-order valence-electron chi connectivity index (χ3n) is 6.09. The summed E-state index contributed by atoms with van der Waals surface area (Å²) in [7, 11) is -6.15. The van der Waals surface area contributed by atoms with Crippen LogP contribution >= 0.6 is 0 Å². The molecule has 0 aliphatic heterocycles. The number of ether oxygens (including phenoxy) is 2. The van der Waals surface area contributed by atoms with E-state index in [1.54, 1.807) is 0 Å². The maximum absolute atomic E-state index is 6.88. The average Bonchev–Trinajstić information content (AvgIpc) is 2.81. The van der Waals surface area contributed by atoms with Crippen LogP contribution in [-0.4, -0.2) is 86.5 Å². The van der Waals surface area contributed by atoms with E-state index in [2.05, 4.69) is 0 Å². The van der Waals surface area contributed by atoms with Gasteiger partial charge in [0.15, 0.2) is 0 Å². The molecule has 0 aromatic carbocycles. The van der Waals surface area contributed by atoms with Crippen LogP contribution in [0.25, 0.3) is 0 Å². The zero-order valence-electron chi connectivity index (χ0n) is 24.3. The Kier molecular flexibility index (Phi) is 17.6. The molecule has 9 nitrogen and oxygen atoms in total. The summed E-state index contributed by atoms with van der Waals surface area (Å²) in [6.07, 6.45) is 0.592. The summed E-state index contributed by atoms with van der Waals surface area (Å²) in [5.74, 6) is 0. The van der Waals surface area contributed by atoms with Gasteiger partial charge in [-0.25, -0.2) is 0 Å². The van der Waals surface area contributed by atoms with Crippen molar-refractivity contribution in [3.8, 4) is 0 Å². The minimum atomic E-state index is -3.07. The molecule has 212 valence electrons. The molecule has 4 atom stereocenters. The van der Waals surface area contributed by atoms with Crippen LogP contribution in [0.1, 0.15) is 89.0 Å². The van der Waals surface area contributed by atoms with Crippen LogP contribution in [0.5, 0.6) is 0 Å². The molecule has 4 unspecified atom stereocenters. The smallest absolute Gasteiger partial charge is 0.372 e. The second-order valence-corrected chi connectivity index (χ2v) is 14.0. The first-order chi connectivity index (χ1) is 16.5.